The standard InChI is InChI=1S/C22H26F3N3O2/c1-13-11-17-18(12-14(13)2)28(21(30)19(27-17)22(23,24)25)15(3)20(29)26-10-9-16-7-5-4-6-8-16/h7,11-12,15H,4-6,8-10H2,1-3H3,(H,26,29). The van der Waals surface area contributed by atoms with E-state index in [1.807, 2.05) is 0 Å². The Labute approximate surface area is 173 Å². The van der Waals surface area contributed by atoms with Gasteiger partial charge < -0.3 is 5.32 Å². The summed E-state index contributed by atoms with van der Waals surface area (Å²) in [6, 6.07) is 2.01. The summed E-state index contributed by atoms with van der Waals surface area (Å²) in [6.45, 7) is 5.38. The molecular formula is C22H26F3N3O2. The zero-order valence-electron chi connectivity index (χ0n) is 17.4. The lowest BCUT2D eigenvalue weighted by Gasteiger charge is -2.20. The average molecular weight is 421 g/mol. The van der Waals surface area contributed by atoms with Gasteiger partial charge in [-0.15, -0.1) is 0 Å². The van der Waals surface area contributed by atoms with E-state index in [0.717, 1.165) is 35.0 Å². The number of carbonyl (C=O) groups is 1. The molecule has 1 aliphatic carbocycles. The summed E-state index contributed by atoms with van der Waals surface area (Å²) in [5, 5.41) is 2.76. The van der Waals surface area contributed by atoms with Crippen LogP contribution in [-0.2, 0) is 11.0 Å². The van der Waals surface area contributed by atoms with Gasteiger partial charge in [0.15, 0.2) is 0 Å². The fourth-order valence-electron chi connectivity index (χ4n) is 3.77. The van der Waals surface area contributed by atoms with Gasteiger partial charge in [0.1, 0.15) is 6.04 Å². The number of alkyl halides is 3. The van der Waals surface area contributed by atoms with E-state index < -0.39 is 29.4 Å². The number of nitrogens with zero attached hydrogens (tertiary/aromatic N) is 2. The summed E-state index contributed by atoms with van der Waals surface area (Å²) in [7, 11) is 0. The van der Waals surface area contributed by atoms with E-state index in [-0.39, 0.29) is 11.0 Å². The highest BCUT2D eigenvalue weighted by atomic mass is 19.4. The molecule has 0 spiro atoms. The number of halogens is 3. The minimum Gasteiger partial charge on any atom is -0.354 e. The van der Waals surface area contributed by atoms with Crippen molar-refractivity contribution in [3.8, 4) is 0 Å². The van der Waals surface area contributed by atoms with Gasteiger partial charge in [0.25, 0.3) is 5.56 Å². The lowest BCUT2D eigenvalue weighted by molar-refractivity contribution is -0.142. The number of amides is 1. The van der Waals surface area contributed by atoms with Crippen LogP contribution in [-0.4, -0.2) is 22.0 Å². The van der Waals surface area contributed by atoms with E-state index in [0.29, 0.717) is 13.0 Å². The minimum atomic E-state index is -4.91. The average Bonchev–Trinajstić information content (AvgIpc) is 2.68. The number of carbonyl (C=O) groups excluding carboxylic acids is 1. The second-order valence-electron chi connectivity index (χ2n) is 7.88. The summed E-state index contributed by atoms with van der Waals surface area (Å²) in [5.41, 5.74) is 0.276. The van der Waals surface area contributed by atoms with Crippen LogP contribution in [0.15, 0.2) is 28.6 Å². The lowest BCUT2D eigenvalue weighted by Crippen LogP contribution is -2.39. The van der Waals surface area contributed by atoms with Crippen molar-refractivity contribution < 1.29 is 18.0 Å². The smallest absolute Gasteiger partial charge is 0.354 e. The van der Waals surface area contributed by atoms with Gasteiger partial charge >= 0.3 is 6.18 Å². The number of nitrogens with one attached hydrogen (secondary N) is 1. The summed E-state index contributed by atoms with van der Waals surface area (Å²) in [5.74, 6) is -0.493. The molecule has 30 heavy (non-hydrogen) atoms. The van der Waals surface area contributed by atoms with Crippen molar-refractivity contribution in [2.24, 2.45) is 0 Å². The number of benzene rings is 1. The molecule has 2 aromatic rings. The van der Waals surface area contributed by atoms with Crippen molar-refractivity contribution in [2.45, 2.75) is 65.1 Å². The van der Waals surface area contributed by atoms with Gasteiger partial charge in [-0.25, -0.2) is 4.98 Å². The Morgan fingerprint density at radius 2 is 1.93 bits per heavy atom. The number of hydrogen-bond donors (Lipinski definition) is 1. The van der Waals surface area contributed by atoms with Gasteiger partial charge in [0.2, 0.25) is 11.6 Å². The molecule has 1 unspecified atom stereocenters. The Balaban J connectivity index is 1.95. The number of rotatable bonds is 5. The molecular weight excluding hydrogens is 395 g/mol. The Hall–Kier alpha value is -2.64. The van der Waals surface area contributed by atoms with Crippen LogP contribution < -0.4 is 10.9 Å². The molecule has 8 heteroatoms. The van der Waals surface area contributed by atoms with Crippen LogP contribution in [0.4, 0.5) is 13.2 Å². The second kappa shape index (κ2) is 8.62. The van der Waals surface area contributed by atoms with Crippen LogP contribution in [0, 0.1) is 13.8 Å². The number of hydrogen-bond acceptors (Lipinski definition) is 3. The SMILES string of the molecule is Cc1cc2nc(C(F)(F)F)c(=O)n(C(C)C(=O)NCCC3=CCCCC3)c2cc1C. The first-order chi connectivity index (χ1) is 14.1. The van der Waals surface area contributed by atoms with Crippen molar-refractivity contribution in [3.05, 3.63) is 51.0 Å². The molecule has 0 aliphatic heterocycles. The van der Waals surface area contributed by atoms with E-state index in [2.05, 4.69) is 16.4 Å². The molecule has 1 heterocycles. The molecule has 1 amide bonds. The number of aromatic nitrogens is 2. The highest BCUT2D eigenvalue weighted by Gasteiger charge is 2.38. The van der Waals surface area contributed by atoms with Crippen molar-refractivity contribution in [1.29, 1.82) is 0 Å². The van der Waals surface area contributed by atoms with Gasteiger partial charge in [0, 0.05) is 6.54 Å². The van der Waals surface area contributed by atoms with E-state index in [4.69, 9.17) is 0 Å². The van der Waals surface area contributed by atoms with Gasteiger partial charge in [0.05, 0.1) is 11.0 Å². The lowest BCUT2D eigenvalue weighted by atomic mass is 9.97. The zero-order chi connectivity index (χ0) is 22.1. The Kier molecular flexibility index (Phi) is 6.33. The fourth-order valence-corrected chi connectivity index (χ4v) is 3.77. The Bertz CT molecular complexity index is 1050. The first-order valence-corrected chi connectivity index (χ1v) is 10.2. The molecule has 1 N–H and O–H groups in total. The molecule has 0 fully saturated rings. The molecule has 1 aromatic heterocycles. The number of fused-ring (bicyclic) bond motifs is 1. The predicted octanol–water partition coefficient (Wildman–Crippen LogP) is 4.60. The summed E-state index contributed by atoms with van der Waals surface area (Å²) in [6.07, 6.45) is 2.33. The van der Waals surface area contributed by atoms with Gasteiger partial charge in [-0.3, -0.25) is 14.2 Å². The van der Waals surface area contributed by atoms with E-state index in [1.165, 1.54) is 25.0 Å². The molecule has 0 saturated carbocycles. The van der Waals surface area contributed by atoms with E-state index in [1.54, 1.807) is 19.9 Å². The maximum atomic E-state index is 13.4. The molecule has 0 radical (unpaired) electrons. The summed E-state index contributed by atoms with van der Waals surface area (Å²) >= 11 is 0. The topological polar surface area (TPSA) is 64.0 Å². The molecule has 3 rings (SSSR count). The third-order valence-electron chi connectivity index (χ3n) is 5.67. The highest BCUT2D eigenvalue weighted by Crippen LogP contribution is 2.28. The third kappa shape index (κ3) is 4.57. The summed E-state index contributed by atoms with van der Waals surface area (Å²) < 4.78 is 41.2. The second-order valence-corrected chi connectivity index (χ2v) is 7.88. The predicted molar refractivity (Wildman–Crippen MR) is 109 cm³/mol. The van der Waals surface area contributed by atoms with Crippen molar-refractivity contribution in [3.63, 3.8) is 0 Å². The first kappa shape index (κ1) is 22.1. The molecule has 1 atom stereocenters. The Morgan fingerprint density at radius 1 is 1.23 bits per heavy atom. The third-order valence-corrected chi connectivity index (χ3v) is 5.67. The number of allylic oxidation sites excluding steroid dienone is 1. The van der Waals surface area contributed by atoms with E-state index in [9.17, 15) is 22.8 Å². The molecule has 0 saturated heterocycles. The highest BCUT2D eigenvalue weighted by molar-refractivity contribution is 5.84. The monoisotopic (exact) mass is 421 g/mol. The van der Waals surface area contributed by atoms with Crippen LogP contribution in [0.3, 0.4) is 0 Å². The van der Waals surface area contributed by atoms with Crippen LogP contribution in [0.2, 0.25) is 0 Å². The fraction of sp³-hybridized carbons (Fsp3) is 0.500. The maximum Gasteiger partial charge on any atom is 0.438 e. The van der Waals surface area contributed by atoms with Crippen molar-refractivity contribution in [2.75, 3.05) is 6.54 Å². The van der Waals surface area contributed by atoms with Gasteiger partial charge in [-0.1, -0.05) is 11.6 Å². The normalized spacial score (nSPS) is 15.7. The Morgan fingerprint density at radius 3 is 2.57 bits per heavy atom. The summed E-state index contributed by atoms with van der Waals surface area (Å²) in [4.78, 5) is 29.0. The quantitative estimate of drug-likeness (QED) is 0.718. The van der Waals surface area contributed by atoms with Crippen LogP contribution in [0.1, 0.15) is 61.9 Å². The first-order valence-electron chi connectivity index (χ1n) is 10.2. The van der Waals surface area contributed by atoms with Crippen molar-refractivity contribution >= 4 is 16.9 Å². The molecule has 1 aromatic carbocycles. The van der Waals surface area contributed by atoms with Crippen LogP contribution in [0.5, 0.6) is 0 Å². The largest absolute Gasteiger partial charge is 0.438 e. The minimum absolute atomic E-state index is 0.0389. The molecule has 1 aliphatic rings. The molecule has 162 valence electrons. The number of aryl methyl sites for hydroxylation is 2. The van der Waals surface area contributed by atoms with E-state index >= 15 is 0 Å². The molecule has 5 nitrogen and oxygen atoms in total. The maximum absolute atomic E-state index is 13.4. The van der Waals surface area contributed by atoms with Crippen molar-refractivity contribution in [1.82, 2.24) is 14.9 Å². The zero-order valence-corrected chi connectivity index (χ0v) is 17.4. The molecule has 0 bridgehead atoms. The van der Waals surface area contributed by atoms with Crippen LogP contribution >= 0.6 is 0 Å². The van der Waals surface area contributed by atoms with Gasteiger partial charge in [-0.05, 0) is 76.1 Å². The van der Waals surface area contributed by atoms with Crippen LogP contribution in [0.25, 0.3) is 11.0 Å². The van der Waals surface area contributed by atoms with Gasteiger partial charge in [-0.2, -0.15) is 13.2 Å².